The number of likely N-dealkylation sites (tertiary alicyclic amines) is 1. The van der Waals surface area contributed by atoms with Gasteiger partial charge in [-0.3, -0.25) is 4.79 Å². The van der Waals surface area contributed by atoms with Crippen molar-refractivity contribution in [2.24, 2.45) is 17.6 Å². The van der Waals surface area contributed by atoms with Crippen molar-refractivity contribution in [2.75, 3.05) is 13.1 Å². The Morgan fingerprint density at radius 1 is 1.20 bits per heavy atom. The number of rotatable bonds is 3. The lowest BCUT2D eigenvalue weighted by molar-refractivity contribution is -0.130. The second kappa shape index (κ2) is 5.52. The van der Waals surface area contributed by atoms with E-state index in [1.807, 2.05) is 35.2 Å². The molecule has 1 amide bonds. The van der Waals surface area contributed by atoms with Crippen LogP contribution in [0.1, 0.15) is 30.7 Å². The van der Waals surface area contributed by atoms with Crippen molar-refractivity contribution >= 4 is 23.1 Å². The second-order valence-electron chi connectivity index (χ2n) is 5.94. The minimum absolute atomic E-state index is 0.0816. The lowest BCUT2D eigenvalue weighted by Gasteiger charge is -2.23. The quantitative estimate of drug-likeness (QED) is 0.868. The van der Waals surface area contributed by atoms with Crippen LogP contribution in [0.25, 0.3) is 0 Å². The second-order valence-corrected chi connectivity index (χ2v) is 6.41. The van der Waals surface area contributed by atoms with E-state index >= 15 is 0 Å². The minimum Gasteiger partial charge on any atom is -0.392 e. The van der Waals surface area contributed by atoms with E-state index in [0.717, 1.165) is 18.7 Å². The average Bonchev–Trinajstić information content (AvgIpc) is 3.00. The summed E-state index contributed by atoms with van der Waals surface area (Å²) >= 11 is 5.14. The zero-order valence-corrected chi connectivity index (χ0v) is 12.3. The van der Waals surface area contributed by atoms with Gasteiger partial charge in [0.15, 0.2) is 0 Å². The van der Waals surface area contributed by atoms with Gasteiger partial charge in [0.25, 0.3) is 0 Å². The molecule has 1 heterocycles. The molecule has 3 atom stereocenters. The smallest absolute Gasteiger partial charge is 0.237 e. The molecule has 20 heavy (non-hydrogen) atoms. The molecule has 4 heteroatoms. The van der Waals surface area contributed by atoms with Crippen molar-refractivity contribution in [3.63, 3.8) is 0 Å². The van der Waals surface area contributed by atoms with Crippen molar-refractivity contribution in [2.45, 2.75) is 25.2 Å². The van der Waals surface area contributed by atoms with E-state index in [1.165, 1.54) is 19.3 Å². The predicted octanol–water partition coefficient (Wildman–Crippen LogP) is 2.31. The first-order valence-electron chi connectivity index (χ1n) is 7.30. The fraction of sp³-hybridized carbons (Fsp3) is 0.500. The first-order chi connectivity index (χ1) is 9.66. The van der Waals surface area contributed by atoms with Crippen LogP contribution in [0.5, 0.6) is 0 Å². The van der Waals surface area contributed by atoms with Gasteiger partial charge in [-0.2, -0.15) is 0 Å². The van der Waals surface area contributed by atoms with Crippen LogP contribution in [0.15, 0.2) is 30.3 Å². The first-order valence-corrected chi connectivity index (χ1v) is 7.70. The summed E-state index contributed by atoms with van der Waals surface area (Å²) in [5.74, 6) is 1.01. The normalized spacial score (nSPS) is 26.3. The molecule has 2 aliphatic rings. The number of benzene rings is 1. The molecule has 0 aromatic heterocycles. The van der Waals surface area contributed by atoms with Gasteiger partial charge in [0, 0.05) is 13.1 Å². The van der Waals surface area contributed by atoms with Gasteiger partial charge in [-0.15, -0.1) is 0 Å². The van der Waals surface area contributed by atoms with E-state index in [2.05, 4.69) is 0 Å². The van der Waals surface area contributed by atoms with Crippen LogP contribution in [0, 0.1) is 11.8 Å². The van der Waals surface area contributed by atoms with Crippen molar-refractivity contribution in [1.29, 1.82) is 0 Å². The summed E-state index contributed by atoms with van der Waals surface area (Å²) in [6.07, 6.45) is 3.84. The van der Waals surface area contributed by atoms with Crippen LogP contribution in [0.3, 0.4) is 0 Å². The zero-order valence-electron chi connectivity index (χ0n) is 11.5. The fourth-order valence-corrected chi connectivity index (χ4v) is 3.91. The van der Waals surface area contributed by atoms with E-state index in [4.69, 9.17) is 18.0 Å². The van der Waals surface area contributed by atoms with E-state index in [9.17, 15) is 4.79 Å². The van der Waals surface area contributed by atoms with E-state index in [0.29, 0.717) is 11.8 Å². The van der Waals surface area contributed by atoms with Crippen molar-refractivity contribution in [3.05, 3.63) is 35.9 Å². The predicted molar refractivity (Wildman–Crippen MR) is 83.4 cm³/mol. The average molecular weight is 288 g/mol. The van der Waals surface area contributed by atoms with Crippen molar-refractivity contribution < 1.29 is 4.79 Å². The van der Waals surface area contributed by atoms with Gasteiger partial charge in [0.05, 0.1) is 4.99 Å². The molecule has 3 nitrogen and oxygen atoms in total. The third-order valence-electron chi connectivity index (χ3n) is 4.70. The number of carbonyl (C=O) groups is 1. The Hall–Kier alpha value is -1.42. The lowest BCUT2D eigenvalue weighted by Crippen LogP contribution is -2.39. The van der Waals surface area contributed by atoms with Crippen LogP contribution >= 0.6 is 12.2 Å². The molecule has 2 fully saturated rings. The number of amides is 1. The van der Waals surface area contributed by atoms with Gasteiger partial charge in [-0.05, 0) is 30.2 Å². The van der Waals surface area contributed by atoms with E-state index < -0.39 is 5.92 Å². The van der Waals surface area contributed by atoms with E-state index in [1.54, 1.807) is 0 Å². The van der Waals surface area contributed by atoms with Gasteiger partial charge in [-0.1, -0.05) is 49.0 Å². The summed E-state index contributed by atoms with van der Waals surface area (Å²) in [4.78, 5) is 15.0. The molecule has 0 bridgehead atoms. The van der Waals surface area contributed by atoms with Crippen LogP contribution < -0.4 is 5.73 Å². The molecule has 0 spiro atoms. The Bertz CT molecular complexity index is 504. The molecule has 1 aromatic rings. The molecule has 106 valence electrons. The highest BCUT2D eigenvalue weighted by atomic mass is 32.1. The molecule has 1 aromatic carbocycles. The number of nitrogens with two attached hydrogens (primary N) is 1. The van der Waals surface area contributed by atoms with E-state index in [-0.39, 0.29) is 10.9 Å². The highest BCUT2D eigenvalue weighted by molar-refractivity contribution is 7.80. The Balaban J connectivity index is 1.79. The topological polar surface area (TPSA) is 46.3 Å². The minimum atomic E-state index is -0.468. The largest absolute Gasteiger partial charge is 0.392 e. The molecule has 1 saturated heterocycles. The molecule has 1 saturated carbocycles. The number of nitrogens with zero attached hydrogens (tertiary/aromatic N) is 1. The molecule has 3 rings (SSSR count). The molecule has 1 aliphatic carbocycles. The number of hydrogen-bond acceptors (Lipinski definition) is 2. The Morgan fingerprint density at radius 3 is 2.35 bits per heavy atom. The summed E-state index contributed by atoms with van der Waals surface area (Å²) in [5.41, 5.74) is 6.74. The monoisotopic (exact) mass is 288 g/mol. The van der Waals surface area contributed by atoms with Crippen LogP contribution in [0.4, 0.5) is 0 Å². The lowest BCUT2D eigenvalue weighted by atomic mass is 9.97. The Labute approximate surface area is 125 Å². The highest BCUT2D eigenvalue weighted by Crippen LogP contribution is 2.38. The van der Waals surface area contributed by atoms with Gasteiger partial charge < -0.3 is 10.6 Å². The van der Waals surface area contributed by atoms with Gasteiger partial charge in [-0.25, -0.2) is 0 Å². The molecular weight excluding hydrogens is 268 g/mol. The zero-order chi connectivity index (χ0) is 14.1. The van der Waals surface area contributed by atoms with Crippen molar-refractivity contribution in [1.82, 2.24) is 4.90 Å². The molecule has 0 radical (unpaired) electrons. The van der Waals surface area contributed by atoms with Crippen LogP contribution in [-0.2, 0) is 4.79 Å². The maximum Gasteiger partial charge on any atom is 0.237 e. The Kier molecular flexibility index (Phi) is 3.74. The standard InChI is InChI=1S/C16H20N2OS/c17-15(20)14(11-5-2-1-3-6-11)16(19)18-9-12-7-4-8-13(12)10-18/h1-3,5-6,12-14H,4,7-10H2,(H2,17,20). The third kappa shape index (κ3) is 2.44. The highest BCUT2D eigenvalue weighted by Gasteiger charge is 2.40. The third-order valence-corrected chi connectivity index (χ3v) is 4.94. The maximum absolute atomic E-state index is 12.8. The molecule has 2 N–H and O–H groups in total. The summed E-state index contributed by atoms with van der Waals surface area (Å²) in [5, 5.41) is 0. The fourth-order valence-electron chi connectivity index (χ4n) is 3.67. The van der Waals surface area contributed by atoms with Crippen LogP contribution in [-0.4, -0.2) is 28.9 Å². The van der Waals surface area contributed by atoms with Crippen LogP contribution in [0.2, 0.25) is 0 Å². The van der Waals surface area contributed by atoms with Gasteiger partial charge in [0.2, 0.25) is 5.91 Å². The number of hydrogen-bond donors (Lipinski definition) is 1. The molecular formula is C16H20N2OS. The van der Waals surface area contributed by atoms with Crippen molar-refractivity contribution in [3.8, 4) is 0 Å². The van der Waals surface area contributed by atoms with Gasteiger partial charge >= 0.3 is 0 Å². The maximum atomic E-state index is 12.8. The first kappa shape index (κ1) is 13.6. The SMILES string of the molecule is NC(=S)C(C(=O)N1CC2CCCC2C1)c1ccccc1. The summed E-state index contributed by atoms with van der Waals surface area (Å²) in [6, 6.07) is 9.64. The number of carbonyl (C=O) groups excluding carboxylic acids is 1. The summed E-state index contributed by atoms with van der Waals surface area (Å²) < 4.78 is 0. The molecule has 1 aliphatic heterocycles. The number of fused-ring (bicyclic) bond motifs is 1. The molecule has 3 unspecified atom stereocenters. The number of thiocarbonyl (C=S) groups is 1. The summed E-state index contributed by atoms with van der Waals surface area (Å²) in [7, 11) is 0. The summed E-state index contributed by atoms with van der Waals surface area (Å²) in [6.45, 7) is 1.77. The van der Waals surface area contributed by atoms with Gasteiger partial charge in [0.1, 0.15) is 5.92 Å². The Morgan fingerprint density at radius 2 is 1.80 bits per heavy atom.